The van der Waals surface area contributed by atoms with Gasteiger partial charge in [-0.3, -0.25) is 9.59 Å². The summed E-state index contributed by atoms with van der Waals surface area (Å²) in [7, 11) is 1.54. The molecule has 0 saturated carbocycles. The van der Waals surface area contributed by atoms with Crippen LogP contribution in [0.3, 0.4) is 0 Å². The molecule has 2 aromatic rings. The smallest absolute Gasteiger partial charge is 0.248 e. The highest BCUT2D eigenvalue weighted by molar-refractivity contribution is 6.05. The van der Waals surface area contributed by atoms with Gasteiger partial charge in [0.25, 0.3) is 0 Å². The van der Waals surface area contributed by atoms with Gasteiger partial charge in [-0.2, -0.15) is 0 Å². The third kappa shape index (κ3) is 5.48. The molecular formula is C21H24N2O3. The maximum atomic E-state index is 12.2. The number of methoxy groups -OCH3 is 1. The van der Waals surface area contributed by atoms with Crippen molar-refractivity contribution < 1.29 is 14.3 Å². The summed E-state index contributed by atoms with van der Waals surface area (Å²) in [6.45, 7) is 5.69. The predicted octanol–water partition coefficient (Wildman–Crippen LogP) is 4.43. The topological polar surface area (TPSA) is 67.4 Å². The van der Waals surface area contributed by atoms with Crippen molar-refractivity contribution in [2.24, 2.45) is 0 Å². The number of ether oxygens (including phenoxy) is 1. The fourth-order valence-corrected chi connectivity index (χ4v) is 2.39. The fourth-order valence-electron chi connectivity index (χ4n) is 2.39. The summed E-state index contributed by atoms with van der Waals surface area (Å²) in [5.74, 6) is 0.545. The van der Waals surface area contributed by atoms with Gasteiger partial charge in [0.05, 0.1) is 18.5 Å². The minimum absolute atomic E-state index is 0.216. The molecule has 5 nitrogen and oxygen atoms in total. The molecule has 136 valence electrons. The second-order valence-electron chi connectivity index (χ2n) is 6.24. The number of carbonyl (C=O) groups excluding carboxylic acids is 2. The molecule has 0 heterocycles. The molecule has 0 aliphatic carbocycles. The molecule has 0 radical (unpaired) electrons. The molecular weight excluding hydrogens is 328 g/mol. The van der Waals surface area contributed by atoms with E-state index in [-0.39, 0.29) is 11.8 Å². The molecule has 0 aromatic heterocycles. The fraction of sp³-hybridized carbons (Fsp3) is 0.238. The molecule has 2 rings (SSSR count). The summed E-state index contributed by atoms with van der Waals surface area (Å²) in [5, 5.41) is 5.46. The van der Waals surface area contributed by atoms with Gasteiger partial charge in [0.2, 0.25) is 11.8 Å². The summed E-state index contributed by atoms with van der Waals surface area (Å²) in [6, 6.07) is 13.1. The minimum atomic E-state index is -0.294. The van der Waals surface area contributed by atoms with Crippen molar-refractivity contribution in [2.75, 3.05) is 17.7 Å². The van der Waals surface area contributed by atoms with Crippen LogP contribution in [0.2, 0.25) is 0 Å². The Labute approximate surface area is 154 Å². The van der Waals surface area contributed by atoms with Gasteiger partial charge in [0, 0.05) is 19.1 Å². The Morgan fingerprint density at radius 3 is 2.27 bits per heavy atom. The lowest BCUT2D eigenvalue weighted by Gasteiger charge is -2.12. The predicted molar refractivity (Wildman–Crippen MR) is 105 cm³/mol. The van der Waals surface area contributed by atoms with E-state index in [0.717, 1.165) is 5.56 Å². The number of benzene rings is 2. The SMILES string of the molecule is COc1ccc(NC(C)=O)c(NC(=O)/C=C/c2ccc(C(C)C)cc2)c1. The Kier molecular flexibility index (Phi) is 6.55. The van der Waals surface area contributed by atoms with Gasteiger partial charge < -0.3 is 15.4 Å². The van der Waals surface area contributed by atoms with E-state index in [1.807, 2.05) is 12.1 Å². The molecule has 0 saturated heterocycles. The highest BCUT2D eigenvalue weighted by Gasteiger charge is 2.08. The summed E-state index contributed by atoms with van der Waals surface area (Å²) in [5.41, 5.74) is 3.19. The van der Waals surface area contributed by atoms with Crippen LogP contribution in [0.5, 0.6) is 5.75 Å². The highest BCUT2D eigenvalue weighted by atomic mass is 16.5. The van der Waals surface area contributed by atoms with Crippen molar-refractivity contribution in [3.8, 4) is 5.75 Å². The van der Waals surface area contributed by atoms with Gasteiger partial charge in [-0.1, -0.05) is 38.1 Å². The van der Waals surface area contributed by atoms with Gasteiger partial charge in [0.15, 0.2) is 0 Å². The number of amides is 2. The number of hydrogen-bond acceptors (Lipinski definition) is 3. The van der Waals surface area contributed by atoms with Crippen molar-refractivity contribution in [3.63, 3.8) is 0 Å². The Morgan fingerprint density at radius 1 is 1.00 bits per heavy atom. The van der Waals surface area contributed by atoms with Gasteiger partial charge in [-0.15, -0.1) is 0 Å². The second-order valence-corrected chi connectivity index (χ2v) is 6.24. The molecule has 0 aliphatic heterocycles. The zero-order valence-corrected chi connectivity index (χ0v) is 15.5. The van der Waals surface area contributed by atoms with Gasteiger partial charge >= 0.3 is 0 Å². The first-order chi connectivity index (χ1) is 12.4. The van der Waals surface area contributed by atoms with Crippen LogP contribution >= 0.6 is 0 Å². The van der Waals surface area contributed by atoms with Crippen LogP contribution in [-0.2, 0) is 9.59 Å². The zero-order chi connectivity index (χ0) is 19.1. The summed E-state index contributed by atoms with van der Waals surface area (Å²) >= 11 is 0. The highest BCUT2D eigenvalue weighted by Crippen LogP contribution is 2.27. The molecule has 0 atom stereocenters. The van der Waals surface area contributed by atoms with Crippen molar-refractivity contribution >= 4 is 29.3 Å². The molecule has 2 aromatic carbocycles. The first kappa shape index (κ1) is 19.2. The second kappa shape index (κ2) is 8.85. The third-order valence-corrected chi connectivity index (χ3v) is 3.83. The van der Waals surface area contributed by atoms with Crippen LogP contribution in [0.25, 0.3) is 6.08 Å². The molecule has 5 heteroatoms. The lowest BCUT2D eigenvalue weighted by molar-refractivity contribution is -0.114. The standard InChI is InChI=1S/C21H24N2O3/c1-14(2)17-8-5-16(6-9-17)7-12-21(25)23-20-13-18(26-4)10-11-19(20)22-15(3)24/h5-14H,1-4H3,(H,22,24)(H,23,25)/b12-7+. The number of carbonyl (C=O) groups is 2. The summed E-state index contributed by atoms with van der Waals surface area (Å²) in [6.07, 6.45) is 3.21. The maximum absolute atomic E-state index is 12.2. The van der Waals surface area contributed by atoms with Crippen LogP contribution in [0, 0.1) is 0 Å². The molecule has 0 bridgehead atoms. The minimum Gasteiger partial charge on any atom is -0.497 e. The molecule has 0 fully saturated rings. The molecule has 0 aliphatic rings. The van der Waals surface area contributed by atoms with Crippen LogP contribution in [0.4, 0.5) is 11.4 Å². The quantitative estimate of drug-likeness (QED) is 0.756. The summed E-state index contributed by atoms with van der Waals surface area (Å²) < 4.78 is 5.17. The third-order valence-electron chi connectivity index (χ3n) is 3.83. The lowest BCUT2D eigenvalue weighted by Crippen LogP contribution is -2.13. The average Bonchev–Trinajstić information content (AvgIpc) is 2.61. The van der Waals surface area contributed by atoms with Gasteiger partial charge in [0.1, 0.15) is 5.75 Å². The molecule has 0 spiro atoms. The van der Waals surface area contributed by atoms with Crippen LogP contribution < -0.4 is 15.4 Å². The number of hydrogen-bond donors (Lipinski definition) is 2. The number of anilines is 2. The van der Waals surface area contributed by atoms with Crippen LogP contribution in [0.15, 0.2) is 48.5 Å². The Morgan fingerprint density at radius 2 is 1.69 bits per heavy atom. The van der Waals surface area contributed by atoms with E-state index in [0.29, 0.717) is 23.0 Å². The van der Waals surface area contributed by atoms with Crippen LogP contribution in [-0.4, -0.2) is 18.9 Å². The van der Waals surface area contributed by atoms with E-state index >= 15 is 0 Å². The van der Waals surface area contributed by atoms with Crippen molar-refractivity contribution in [3.05, 3.63) is 59.7 Å². The van der Waals surface area contributed by atoms with E-state index in [9.17, 15) is 9.59 Å². The van der Waals surface area contributed by atoms with E-state index < -0.39 is 0 Å². The van der Waals surface area contributed by atoms with Gasteiger partial charge in [-0.05, 0) is 35.3 Å². The normalized spacial score (nSPS) is 10.8. The van der Waals surface area contributed by atoms with E-state index in [4.69, 9.17) is 4.74 Å². The molecule has 26 heavy (non-hydrogen) atoms. The molecule has 0 unspecified atom stereocenters. The van der Waals surface area contributed by atoms with E-state index in [1.165, 1.54) is 18.6 Å². The monoisotopic (exact) mass is 352 g/mol. The first-order valence-corrected chi connectivity index (χ1v) is 8.43. The number of rotatable bonds is 6. The zero-order valence-electron chi connectivity index (χ0n) is 15.5. The van der Waals surface area contributed by atoms with Crippen molar-refractivity contribution in [1.29, 1.82) is 0 Å². The van der Waals surface area contributed by atoms with E-state index in [2.05, 4.69) is 36.6 Å². The summed E-state index contributed by atoms with van der Waals surface area (Å²) in [4.78, 5) is 23.6. The van der Waals surface area contributed by atoms with E-state index in [1.54, 1.807) is 31.4 Å². The average molecular weight is 352 g/mol. The molecule has 2 amide bonds. The maximum Gasteiger partial charge on any atom is 0.248 e. The largest absolute Gasteiger partial charge is 0.497 e. The van der Waals surface area contributed by atoms with Crippen molar-refractivity contribution in [2.45, 2.75) is 26.7 Å². The van der Waals surface area contributed by atoms with Gasteiger partial charge in [-0.25, -0.2) is 0 Å². The Bertz CT molecular complexity index is 809. The molecule has 2 N–H and O–H groups in total. The first-order valence-electron chi connectivity index (χ1n) is 8.43. The lowest BCUT2D eigenvalue weighted by atomic mass is 10.0. The van der Waals surface area contributed by atoms with Crippen molar-refractivity contribution in [1.82, 2.24) is 0 Å². The number of nitrogens with one attached hydrogen (secondary N) is 2. The Balaban J connectivity index is 2.12. The Hall–Kier alpha value is -3.08. The van der Waals surface area contributed by atoms with Crippen LogP contribution in [0.1, 0.15) is 37.8 Å².